The molecule has 0 bridgehead atoms. The number of rotatable bonds is 14. The molecule has 0 saturated heterocycles. The second kappa shape index (κ2) is 22.2. The van der Waals surface area contributed by atoms with E-state index in [0.717, 1.165) is 44.5 Å². The van der Waals surface area contributed by atoms with Crippen LogP contribution in [0.5, 0.6) is 0 Å². The van der Waals surface area contributed by atoms with E-state index in [1.807, 2.05) is 84.9 Å². The van der Waals surface area contributed by atoms with Crippen LogP contribution in [0.1, 0.15) is 54.9 Å². The average molecular weight is 811 g/mol. The molecule has 5 amide bonds. The minimum Gasteiger partial charge on any atom is -0.480 e. The lowest BCUT2D eigenvalue weighted by atomic mass is 9.98. The number of nitrogens with two attached hydrogens (primary N) is 1. The minimum absolute atomic E-state index is 0.0849. The van der Waals surface area contributed by atoms with Gasteiger partial charge in [-0.25, -0.2) is 19.9 Å². The summed E-state index contributed by atoms with van der Waals surface area (Å²) in [4.78, 5) is 74.9. The van der Waals surface area contributed by atoms with Gasteiger partial charge in [-0.15, -0.1) is 0 Å². The summed E-state index contributed by atoms with van der Waals surface area (Å²) in [5.74, 6) is -2.73. The highest BCUT2D eigenvalue weighted by molar-refractivity contribution is 5.86. The Hall–Kier alpha value is -6.78. The first-order chi connectivity index (χ1) is 28.5. The third-order valence-electron chi connectivity index (χ3n) is 9.31. The van der Waals surface area contributed by atoms with Crippen LogP contribution in [-0.4, -0.2) is 93.0 Å². The number of carbonyl (C=O) groups is 6. The van der Waals surface area contributed by atoms with E-state index < -0.39 is 36.1 Å². The molecule has 312 valence electrons. The van der Waals surface area contributed by atoms with Crippen molar-refractivity contribution in [2.75, 3.05) is 40.0 Å². The van der Waals surface area contributed by atoms with Crippen LogP contribution in [0.2, 0.25) is 0 Å². The van der Waals surface area contributed by atoms with Crippen molar-refractivity contribution in [1.82, 2.24) is 26.7 Å². The molecule has 0 saturated carbocycles. The van der Waals surface area contributed by atoms with Crippen LogP contribution in [0, 0.1) is 0 Å². The zero-order valence-corrected chi connectivity index (χ0v) is 33.3. The fourth-order valence-electron chi connectivity index (χ4n) is 6.68. The Kier molecular flexibility index (Phi) is 16.9. The quantitative estimate of drug-likeness (QED) is 0.0905. The Morgan fingerprint density at radius 2 is 0.932 bits per heavy atom. The molecule has 16 nitrogen and oxygen atoms in total. The van der Waals surface area contributed by atoms with Crippen LogP contribution in [0.15, 0.2) is 97.1 Å². The Morgan fingerprint density at radius 3 is 1.27 bits per heavy atom. The van der Waals surface area contributed by atoms with E-state index in [1.165, 1.54) is 20.9 Å². The molecule has 0 aliphatic heterocycles. The van der Waals surface area contributed by atoms with Crippen LogP contribution < -0.4 is 32.5 Å². The third-order valence-corrected chi connectivity index (χ3v) is 9.31. The zero-order chi connectivity index (χ0) is 42.9. The van der Waals surface area contributed by atoms with E-state index in [1.54, 1.807) is 6.92 Å². The van der Waals surface area contributed by atoms with Crippen molar-refractivity contribution in [2.45, 2.75) is 44.7 Å². The highest BCUT2D eigenvalue weighted by Crippen LogP contribution is 2.45. The van der Waals surface area contributed by atoms with Crippen molar-refractivity contribution >= 4 is 35.9 Å². The number of amides is 5. The molecular formula is C43H50N6O10. The number of ether oxygens (including phenoxy) is 2. The first kappa shape index (κ1) is 44.9. The molecule has 0 radical (unpaired) electrons. The van der Waals surface area contributed by atoms with Gasteiger partial charge in [0.15, 0.2) is 0 Å². The third kappa shape index (κ3) is 12.1. The standard InChI is InChI=1S/C22H25N3O5.C20H20N2O5.CH5N/c1-3-30-25-21(27)20(12-23-14(2)26)24-22(28)29-13-19-17-10-6-4-8-15(17)16-9-5-7-11-18(16)19;1-12(23)21-10-18(19(24)25)22-20(26)27-11-17-15-8-4-2-6-13(15)14-7-3-5-9-16(14)17;1-2/h4-11,19-20H,3,12-13H2,1-2H3,(H,23,26)(H,24,28)(H,25,27);2-9,17-18H,10-11H2,1H3,(H,21,23)(H,22,26)(H,24,25);2H2,1H3/t;18-;/m.0./s1. The normalized spacial score (nSPS) is 12.8. The summed E-state index contributed by atoms with van der Waals surface area (Å²) in [7, 11) is 1.50. The summed E-state index contributed by atoms with van der Waals surface area (Å²) in [6.07, 6.45) is -1.59. The van der Waals surface area contributed by atoms with Gasteiger partial charge < -0.3 is 41.6 Å². The van der Waals surface area contributed by atoms with Crippen LogP contribution >= 0.6 is 0 Å². The molecule has 0 heterocycles. The molecule has 16 heteroatoms. The van der Waals surface area contributed by atoms with Gasteiger partial charge in [-0.2, -0.15) is 0 Å². The predicted molar refractivity (Wildman–Crippen MR) is 219 cm³/mol. The Balaban J connectivity index is 0.000000251. The molecule has 2 aliphatic carbocycles. The maximum atomic E-state index is 12.4. The van der Waals surface area contributed by atoms with Crippen molar-refractivity contribution in [1.29, 1.82) is 0 Å². The SMILES string of the molecule is CC(=O)NC[C@H](NC(=O)OCC1c2ccccc2-c2ccccc21)C(=O)O.CCONC(=O)C(CNC(C)=O)NC(=O)OCC1c2ccccc2-c2ccccc21.CN. The monoisotopic (exact) mass is 810 g/mol. The summed E-state index contributed by atoms with van der Waals surface area (Å²) < 4.78 is 10.7. The van der Waals surface area contributed by atoms with Crippen molar-refractivity contribution < 1.29 is 48.2 Å². The number of hydrogen-bond donors (Lipinski definition) is 7. The van der Waals surface area contributed by atoms with E-state index >= 15 is 0 Å². The lowest BCUT2D eigenvalue weighted by Crippen LogP contribution is -2.52. The Labute approximate surface area is 342 Å². The van der Waals surface area contributed by atoms with Gasteiger partial charge >= 0.3 is 18.2 Å². The summed E-state index contributed by atoms with van der Waals surface area (Å²) in [5, 5.41) is 18.8. The average Bonchev–Trinajstić information content (AvgIpc) is 3.74. The van der Waals surface area contributed by atoms with Crippen LogP contribution in [0.4, 0.5) is 9.59 Å². The molecule has 4 aromatic rings. The molecule has 0 fully saturated rings. The van der Waals surface area contributed by atoms with Crippen LogP contribution in [0.25, 0.3) is 22.3 Å². The van der Waals surface area contributed by atoms with E-state index in [4.69, 9.17) is 19.4 Å². The maximum Gasteiger partial charge on any atom is 0.407 e. The number of alkyl carbamates (subject to hydrolysis) is 2. The number of nitrogens with one attached hydrogen (secondary N) is 5. The van der Waals surface area contributed by atoms with Gasteiger partial charge in [-0.1, -0.05) is 97.1 Å². The lowest BCUT2D eigenvalue weighted by molar-refractivity contribution is -0.139. The molecule has 2 aliphatic rings. The molecular weight excluding hydrogens is 761 g/mol. The molecule has 0 spiro atoms. The first-order valence-corrected chi connectivity index (χ1v) is 18.9. The summed E-state index contributed by atoms with van der Waals surface area (Å²) >= 11 is 0. The minimum atomic E-state index is -1.26. The smallest absolute Gasteiger partial charge is 0.407 e. The number of hydrogen-bond acceptors (Lipinski definition) is 10. The topological polar surface area (TPSA) is 237 Å². The van der Waals surface area contributed by atoms with E-state index in [9.17, 15) is 28.8 Å². The molecule has 1 unspecified atom stereocenters. The molecule has 6 rings (SSSR count). The summed E-state index contributed by atoms with van der Waals surface area (Å²) in [6.45, 7) is 4.49. The van der Waals surface area contributed by atoms with Crippen molar-refractivity contribution in [3.8, 4) is 22.3 Å². The number of benzene rings is 4. The molecule has 0 aromatic heterocycles. The van der Waals surface area contributed by atoms with E-state index in [-0.39, 0.29) is 56.6 Å². The largest absolute Gasteiger partial charge is 0.480 e. The van der Waals surface area contributed by atoms with Gasteiger partial charge in [-0.3, -0.25) is 19.2 Å². The zero-order valence-electron chi connectivity index (χ0n) is 33.3. The van der Waals surface area contributed by atoms with Gasteiger partial charge in [0, 0.05) is 38.8 Å². The van der Waals surface area contributed by atoms with Gasteiger partial charge in [0.1, 0.15) is 25.3 Å². The second-order valence-electron chi connectivity index (χ2n) is 13.2. The van der Waals surface area contributed by atoms with E-state index in [2.05, 4.69) is 44.6 Å². The lowest BCUT2D eigenvalue weighted by Gasteiger charge is -2.19. The highest BCUT2D eigenvalue weighted by Gasteiger charge is 2.31. The first-order valence-electron chi connectivity index (χ1n) is 18.9. The number of hydroxylamine groups is 1. The predicted octanol–water partition coefficient (Wildman–Crippen LogP) is 3.79. The summed E-state index contributed by atoms with van der Waals surface area (Å²) in [5.41, 5.74) is 15.5. The molecule has 59 heavy (non-hydrogen) atoms. The molecule has 2 atom stereocenters. The number of aliphatic carboxylic acids is 1. The van der Waals surface area contributed by atoms with Crippen molar-refractivity contribution in [3.63, 3.8) is 0 Å². The van der Waals surface area contributed by atoms with Crippen LogP contribution in [0.3, 0.4) is 0 Å². The number of carboxylic acids is 1. The van der Waals surface area contributed by atoms with Gasteiger partial charge in [-0.05, 0) is 58.5 Å². The van der Waals surface area contributed by atoms with Gasteiger partial charge in [0.05, 0.1) is 6.61 Å². The maximum absolute atomic E-state index is 12.4. The van der Waals surface area contributed by atoms with Crippen LogP contribution in [-0.2, 0) is 33.5 Å². The number of carboxylic acid groups (broad SMARTS) is 1. The fourth-order valence-corrected chi connectivity index (χ4v) is 6.68. The van der Waals surface area contributed by atoms with E-state index in [0.29, 0.717) is 0 Å². The van der Waals surface area contributed by atoms with Crippen molar-refractivity contribution in [3.05, 3.63) is 119 Å². The fraction of sp³-hybridized carbons (Fsp3) is 0.302. The highest BCUT2D eigenvalue weighted by atomic mass is 16.6. The number of carbonyl (C=O) groups excluding carboxylic acids is 5. The molecule has 4 aromatic carbocycles. The van der Waals surface area contributed by atoms with Gasteiger partial charge in [0.25, 0.3) is 5.91 Å². The van der Waals surface area contributed by atoms with Crippen molar-refractivity contribution in [2.24, 2.45) is 5.73 Å². The Morgan fingerprint density at radius 1 is 0.593 bits per heavy atom. The second-order valence-corrected chi connectivity index (χ2v) is 13.2. The van der Waals surface area contributed by atoms with Gasteiger partial charge in [0.2, 0.25) is 11.8 Å². The summed E-state index contributed by atoms with van der Waals surface area (Å²) in [6, 6.07) is 29.6. The number of fused-ring (bicyclic) bond motifs is 6. The molecule has 8 N–H and O–H groups in total. The Bertz CT molecular complexity index is 2020.